The molecule has 1 amide bonds. The zero-order chi connectivity index (χ0) is 14.1. The Morgan fingerprint density at radius 2 is 2.25 bits per heavy atom. The second-order valence-electron chi connectivity index (χ2n) is 4.55. The van der Waals surface area contributed by atoms with Gasteiger partial charge in [0.2, 0.25) is 5.91 Å². The molecule has 0 saturated carbocycles. The van der Waals surface area contributed by atoms with E-state index in [0.717, 1.165) is 22.2 Å². The Morgan fingerprint density at radius 1 is 1.40 bits per heavy atom. The lowest BCUT2D eigenvalue weighted by Gasteiger charge is -2.00. The summed E-state index contributed by atoms with van der Waals surface area (Å²) in [7, 11) is 0. The van der Waals surface area contributed by atoms with Crippen LogP contribution in [0.1, 0.15) is 12.1 Å². The largest absolute Gasteiger partial charge is 0.451 e. The van der Waals surface area contributed by atoms with Gasteiger partial charge in [0.05, 0.1) is 5.02 Å². The van der Waals surface area contributed by atoms with Crippen molar-refractivity contribution in [2.75, 3.05) is 0 Å². The zero-order valence-corrected chi connectivity index (χ0v) is 11.3. The third kappa shape index (κ3) is 2.40. The van der Waals surface area contributed by atoms with Gasteiger partial charge in [-0.1, -0.05) is 11.6 Å². The molecule has 0 aliphatic heterocycles. The van der Waals surface area contributed by atoms with Crippen LogP contribution >= 0.6 is 11.6 Å². The van der Waals surface area contributed by atoms with Gasteiger partial charge in [-0.15, -0.1) is 0 Å². The summed E-state index contributed by atoms with van der Waals surface area (Å²) in [6.07, 6.45) is 3.81. The van der Waals surface area contributed by atoms with E-state index in [9.17, 15) is 4.79 Å². The molecule has 2 aromatic heterocycles. The number of H-pyrrole nitrogens is 1. The topological polar surface area (TPSA) is 84.9 Å². The number of hydrogen-bond donors (Lipinski definition) is 2. The number of carbonyl (C=O) groups excluding carboxylic acids is 1. The number of benzene rings is 1. The van der Waals surface area contributed by atoms with Crippen molar-refractivity contribution in [1.82, 2.24) is 9.97 Å². The van der Waals surface area contributed by atoms with E-state index < -0.39 is 0 Å². The fraction of sp³-hybridized carbons (Fsp3) is 0.143. The van der Waals surface area contributed by atoms with Crippen LogP contribution in [0.4, 0.5) is 0 Å². The Labute approximate surface area is 119 Å². The lowest BCUT2D eigenvalue weighted by atomic mass is 10.1. The van der Waals surface area contributed by atoms with Gasteiger partial charge in [-0.25, -0.2) is 4.98 Å². The molecule has 0 atom stereocenters. The van der Waals surface area contributed by atoms with E-state index in [1.165, 1.54) is 6.39 Å². The SMILES string of the molecule is NC(=O)CCc1cc2cc(Cl)c(-c3cocn3)cc2[nH]1. The number of nitrogens with one attached hydrogen (secondary N) is 1. The lowest BCUT2D eigenvalue weighted by Crippen LogP contribution is -2.11. The number of amides is 1. The van der Waals surface area contributed by atoms with Gasteiger partial charge in [0.1, 0.15) is 12.0 Å². The molecule has 0 saturated heterocycles. The molecular formula is C14H12ClN3O2. The second kappa shape index (κ2) is 5.02. The molecule has 6 heteroatoms. The molecular weight excluding hydrogens is 278 g/mol. The molecule has 1 aromatic carbocycles. The third-order valence-corrected chi connectivity index (χ3v) is 3.43. The number of oxazole rings is 1. The highest BCUT2D eigenvalue weighted by Gasteiger charge is 2.10. The van der Waals surface area contributed by atoms with Crippen LogP contribution in [0.25, 0.3) is 22.2 Å². The standard InChI is InChI=1S/C14H12ClN3O2/c15-11-4-8-3-9(1-2-14(16)19)18-12(8)5-10(11)13-6-20-7-17-13/h3-7,18H,1-2H2,(H2,16,19). The van der Waals surface area contributed by atoms with Gasteiger partial charge in [-0.2, -0.15) is 0 Å². The summed E-state index contributed by atoms with van der Waals surface area (Å²) in [5.41, 5.74) is 8.53. The van der Waals surface area contributed by atoms with Gasteiger partial charge in [0, 0.05) is 28.6 Å². The number of rotatable bonds is 4. The maximum absolute atomic E-state index is 10.8. The van der Waals surface area contributed by atoms with Crippen molar-refractivity contribution < 1.29 is 9.21 Å². The number of fused-ring (bicyclic) bond motifs is 1. The molecule has 0 aliphatic rings. The number of aromatic nitrogens is 2. The van der Waals surface area contributed by atoms with Crippen molar-refractivity contribution in [3.63, 3.8) is 0 Å². The minimum atomic E-state index is -0.315. The van der Waals surface area contributed by atoms with E-state index >= 15 is 0 Å². The fourth-order valence-corrected chi connectivity index (χ4v) is 2.42. The number of hydrogen-bond acceptors (Lipinski definition) is 3. The third-order valence-electron chi connectivity index (χ3n) is 3.11. The predicted molar refractivity (Wildman–Crippen MR) is 76.3 cm³/mol. The highest BCUT2D eigenvalue weighted by molar-refractivity contribution is 6.34. The molecule has 5 nitrogen and oxygen atoms in total. The monoisotopic (exact) mass is 289 g/mol. The van der Waals surface area contributed by atoms with Gasteiger partial charge in [-0.3, -0.25) is 4.79 Å². The van der Waals surface area contributed by atoms with Gasteiger partial charge >= 0.3 is 0 Å². The second-order valence-corrected chi connectivity index (χ2v) is 4.96. The number of carbonyl (C=O) groups is 1. The Morgan fingerprint density at radius 3 is 2.95 bits per heavy atom. The molecule has 0 aliphatic carbocycles. The summed E-state index contributed by atoms with van der Waals surface area (Å²) in [6, 6.07) is 5.76. The van der Waals surface area contributed by atoms with E-state index in [1.807, 2.05) is 18.2 Å². The zero-order valence-electron chi connectivity index (χ0n) is 10.5. The normalized spacial score (nSPS) is 11.1. The van der Waals surface area contributed by atoms with Crippen LogP contribution in [0.3, 0.4) is 0 Å². The summed E-state index contributed by atoms with van der Waals surface area (Å²) < 4.78 is 4.97. The van der Waals surface area contributed by atoms with Gasteiger partial charge in [-0.05, 0) is 24.6 Å². The number of nitrogens with two attached hydrogens (primary N) is 1. The van der Waals surface area contributed by atoms with E-state index in [1.54, 1.807) is 6.26 Å². The van der Waals surface area contributed by atoms with Crippen molar-refractivity contribution >= 4 is 28.4 Å². The lowest BCUT2D eigenvalue weighted by molar-refractivity contribution is -0.118. The van der Waals surface area contributed by atoms with Crippen LogP contribution in [-0.2, 0) is 11.2 Å². The number of nitrogens with zero attached hydrogens (tertiary/aromatic N) is 1. The van der Waals surface area contributed by atoms with Crippen LogP contribution in [0.2, 0.25) is 5.02 Å². The van der Waals surface area contributed by atoms with E-state index in [2.05, 4.69) is 9.97 Å². The molecule has 3 N–H and O–H groups in total. The fourth-order valence-electron chi connectivity index (χ4n) is 2.15. The van der Waals surface area contributed by atoms with Gasteiger partial charge in [0.25, 0.3) is 0 Å². The summed E-state index contributed by atoms with van der Waals surface area (Å²) in [5, 5.41) is 1.59. The molecule has 0 unspecified atom stereocenters. The number of aryl methyl sites for hydroxylation is 1. The molecule has 0 fully saturated rings. The summed E-state index contributed by atoms with van der Waals surface area (Å²) in [4.78, 5) is 18.2. The minimum absolute atomic E-state index is 0.315. The molecule has 2 heterocycles. The van der Waals surface area contributed by atoms with Gasteiger partial charge in [0.15, 0.2) is 6.39 Å². The number of primary amides is 1. The van der Waals surface area contributed by atoms with Crippen molar-refractivity contribution in [3.8, 4) is 11.3 Å². The smallest absolute Gasteiger partial charge is 0.217 e. The number of aromatic amines is 1. The molecule has 0 spiro atoms. The highest BCUT2D eigenvalue weighted by atomic mass is 35.5. The molecule has 0 bridgehead atoms. The van der Waals surface area contributed by atoms with Crippen LogP contribution in [0.5, 0.6) is 0 Å². The van der Waals surface area contributed by atoms with E-state index in [0.29, 0.717) is 23.6 Å². The van der Waals surface area contributed by atoms with Crippen molar-refractivity contribution in [2.24, 2.45) is 5.73 Å². The maximum atomic E-state index is 10.8. The first kappa shape index (κ1) is 12.7. The van der Waals surface area contributed by atoms with Crippen LogP contribution in [0, 0.1) is 0 Å². The van der Waals surface area contributed by atoms with Crippen molar-refractivity contribution in [3.05, 3.63) is 41.6 Å². The Hall–Kier alpha value is -2.27. The van der Waals surface area contributed by atoms with Crippen molar-refractivity contribution in [1.29, 1.82) is 0 Å². The first-order valence-electron chi connectivity index (χ1n) is 6.11. The Balaban J connectivity index is 2.00. The predicted octanol–water partition coefficient (Wildman–Crippen LogP) is 2.89. The Bertz CT molecular complexity index is 762. The highest BCUT2D eigenvalue weighted by Crippen LogP contribution is 2.31. The summed E-state index contributed by atoms with van der Waals surface area (Å²) >= 11 is 6.26. The molecule has 20 heavy (non-hydrogen) atoms. The first-order valence-corrected chi connectivity index (χ1v) is 6.49. The Kier molecular flexibility index (Phi) is 3.20. The average Bonchev–Trinajstić information content (AvgIpc) is 3.03. The quantitative estimate of drug-likeness (QED) is 0.774. The maximum Gasteiger partial charge on any atom is 0.217 e. The molecule has 3 aromatic rings. The van der Waals surface area contributed by atoms with E-state index in [4.69, 9.17) is 21.8 Å². The molecule has 3 rings (SSSR count). The van der Waals surface area contributed by atoms with Crippen LogP contribution in [-0.4, -0.2) is 15.9 Å². The first-order chi connectivity index (χ1) is 9.63. The number of halogens is 1. The van der Waals surface area contributed by atoms with Crippen LogP contribution in [0.15, 0.2) is 35.3 Å². The summed E-state index contributed by atoms with van der Waals surface area (Å²) in [6.45, 7) is 0. The molecule has 0 radical (unpaired) electrons. The average molecular weight is 290 g/mol. The minimum Gasteiger partial charge on any atom is -0.451 e. The molecule has 102 valence electrons. The summed E-state index contributed by atoms with van der Waals surface area (Å²) in [5.74, 6) is -0.315. The van der Waals surface area contributed by atoms with Gasteiger partial charge < -0.3 is 15.1 Å². The van der Waals surface area contributed by atoms with Crippen LogP contribution < -0.4 is 5.73 Å². The van der Waals surface area contributed by atoms with E-state index in [-0.39, 0.29) is 5.91 Å². The van der Waals surface area contributed by atoms with Crippen molar-refractivity contribution in [2.45, 2.75) is 12.8 Å².